The molecule has 4 heterocycles. The number of hydrogen-bond acceptors (Lipinski definition) is 9. The molecular formula is C25H20N4O4S2. The monoisotopic (exact) mass is 504 g/mol. The minimum Gasteiger partial charge on any atom is -0.496 e. The fraction of sp³-hybridized carbons (Fsp3) is 0.160. The largest absolute Gasteiger partial charge is 0.496 e. The Hall–Kier alpha value is -3.89. The summed E-state index contributed by atoms with van der Waals surface area (Å²) in [6.45, 7) is 2.41. The summed E-state index contributed by atoms with van der Waals surface area (Å²) in [5.41, 5.74) is 4.50. The van der Waals surface area contributed by atoms with Crippen LogP contribution in [-0.4, -0.2) is 33.8 Å². The van der Waals surface area contributed by atoms with E-state index in [-0.39, 0.29) is 0 Å². The quantitative estimate of drug-likeness (QED) is 0.255. The topological polar surface area (TPSA) is 83.9 Å². The zero-order chi connectivity index (χ0) is 23.9. The molecule has 0 saturated heterocycles. The molecule has 0 N–H and O–H groups in total. The lowest BCUT2D eigenvalue weighted by Gasteiger charge is -2.08. The van der Waals surface area contributed by atoms with E-state index in [4.69, 9.17) is 23.6 Å². The van der Waals surface area contributed by atoms with E-state index in [1.165, 1.54) is 16.9 Å². The molecule has 35 heavy (non-hydrogen) atoms. The molecule has 0 atom stereocenters. The normalized spacial score (nSPS) is 11.4. The summed E-state index contributed by atoms with van der Waals surface area (Å²) in [7, 11) is 3.20. The molecule has 10 heteroatoms. The number of rotatable bonds is 7. The number of aromatic nitrogens is 4. The molecule has 0 saturated carbocycles. The molecule has 6 aromatic rings. The number of furan rings is 1. The van der Waals surface area contributed by atoms with Gasteiger partial charge < -0.3 is 18.6 Å². The van der Waals surface area contributed by atoms with E-state index in [1.54, 1.807) is 30.1 Å². The van der Waals surface area contributed by atoms with Gasteiger partial charge in [0.25, 0.3) is 5.19 Å². The Labute approximate surface area is 208 Å². The summed E-state index contributed by atoms with van der Waals surface area (Å²) < 4.78 is 24.6. The number of methoxy groups -OCH3 is 2. The number of imidazole rings is 1. The van der Waals surface area contributed by atoms with Crippen LogP contribution in [0.5, 0.6) is 16.7 Å². The van der Waals surface area contributed by atoms with E-state index in [2.05, 4.69) is 35.2 Å². The van der Waals surface area contributed by atoms with Gasteiger partial charge in [-0.3, -0.25) is 0 Å². The molecule has 0 unspecified atom stereocenters. The van der Waals surface area contributed by atoms with Crippen molar-refractivity contribution in [2.45, 2.75) is 13.5 Å². The molecule has 4 aromatic heterocycles. The van der Waals surface area contributed by atoms with Crippen LogP contribution in [0.4, 0.5) is 0 Å². The molecule has 2 aromatic carbocycles. The van der Waals surface area contributed by atoms with Crippen LogP contribution in [-0.2, 0) is 6.61 Å². The van der Waals surface area contributed by atoms with Crippen molar-refractivity contribution >= 4 is 38.6 Å². The van der Waals surface area contributed by atoms with Gasteiger partial charge >= 0.3 is 0 Å². The molecule has 0 aliphatic heterocycles. The van der Waals surface area contributed by atoms with Gasteiger partial charge in [0, 0.05) is 23.1 Å². The lowest BCUT2D eigenvalue weighted by Crippen LogP contribution is -1.97. The molecule has 176 valence electrons. The number of fused-ring (bicyclic) bond motifs is 2. The Morgan fingerprint density at radius 1 is 1.06 bits per heavy atom. The Morgan fingerprint density at radius 2 is 1.97 bits per heavy atom. The highest BCUT2D eigenvalue weighted by molar-refractivity contribution is 7.18. The first kappa shape index (κ1) is 21.6. The summed E-state index contributed by atoms with van der Waals surface area (Å²) in [4.78, 5) is 10.1. The predicted molar refractivity (Wildman–Crippen MR) is 136 cm³/mol. The van der Waals surface area contributed by atoms with Crippen LogP contribution in [0.15, 0.2) is 58.5 Å². The van der Waals surface area contributed by atoms with Crippen LogP contribution in [0, 0.1) is 6.92 Å². The summed E-state index contributed by atoms with van der Waals surface area (Å²) in [5.74, 6) is 1.91. The highest BCUT2D eigenvalue weighted by Crippen LogP contribution is 2.38. The average Bonchev–Trinajstić information content (AvgIpc) is 3.64. The molecule has 0 bridgehead atoms. The molecule has 8 nitrogen and oxygen atoms in total. The zero-order valence-corrected chi connectivity index (χ0v) is 20.8. The van der Waals surface area contributed by atoms with Crippen molar-refractivity contribution in [3.63, 3.8) is 0 Å². The van der Waals surface area contributed by atoms with E-state index in [0.717, 1.165) is 26.6 Å². The highest BCUT2D eigenvalue weighted by Gasteiger charge is 2.17. The third-order valence-corrected chi connectivity index (χ3v) is 7.28. The van der Waals surface area contributed by atoms with Crippen molar-refractivity contribution in [1.82, 2.24) is 19.6 Å². The van der Waals surface area contributed by atoms with Crippen molar-refractivity contribution in [3.05, 3.63) is 65.3 Å². The van der Waals surface area contributed by atoms with Gasteiger partial charge in [-0.15, -0.1) is 16.4 Å². The maximum absolute atomic E-state index is 6.20. The van der Waals surface area contributed by atoms with E-state index >= 15 is 0 Å². The van der Waals surface area contributed by atoms with Crippen LogP contribution in [0.25, 0.3) is 38.0 Å². The maximum atomic E-state index is 6.20. The summed E-state index contributed by atoms with van der Waals surface area (Å²) in [6, 6.07) is 13.9. The van der Waals surface area contributed by atoms with Crippen LogP contribution in [0.1, 0.15) is 11.3 Å². The SMILES string of the molecule is COc1cc(OCc2csc(-c3cccc(C)c3)n2)c2cc(-c3cn4nc(OC)sc4n3)oc2c1. The van der Waals surface area contributed by atoms with Gasteiger partial charge in [0.1, 0.15) is 34.4 Å². The van der Waals surface area contributed by atoms with Crippen LogP contribution >= 0.6 is 22.7 Å². The fourth-order valence-corrected chi connectivity index (χ4v) is 5.27. The standard InChI is InChI=1S/C25H20N4O4S2/c1-14-5-4-6-15(7-14)23-26-16(13-34-23)12-32-20-8-17(30-2)9-21-18(20)10-22(33-21)19-11-29-24(27-19)35-25(28-29)31-3/h4-11,13H,12H2,1-3H3. The first-order chi connectivity index (χ1) is 17.1. The number of ether oxygens (including phenoxy) is 3. The second-order valence-corrected chi connectivity index (χ2v) is 9.65. The van der Waals surface area contributed by atoms with Crippen molar-refractivity contribution in [2.24, 2.45) is 0 Å². The smallest absolute Gasteiger partial charge is 0.294 e. The van der Waals surface area contributed by atoms with Gasteiger partial charge in [-0.25, -0.2) is 14.5 Å². The van der Waals surface area contributed by atoms with Gasteiger partial charge in [0.15, 0.2) is 5.76 Å². The number of benzene rings is 2. The third-order valence-electron chi connectivity index (χ3n) is 5.45. The number of aryl methyl sites for hydroxylation is 1. The lowest BCUT2D eigenvalue weighted by molar-refractivity contribution is 0.303. The minimum absolute atomic E-state index is 0.328. The Balaban J connectivity index is 1.29. The summed E-state index contributed by atoms with van der Waals surface area (Å²) in [5, 5.41) is 8.70. The van der Waals surface area contributed by atoms with E-state index in [0.29, 0.717) is 40.3 Å². The van der Waals surface area contributed by atoms with Crippen molar-refractivity contribution < 1.29 is 18.6 Å². The first-order valence-electron chi connectivity index (χ1n) is 10.8. The van der Waals surface area contributed by atoms with Crippen molar-refractivity contribution in [1.29, 1.82) is 0 Å². The molecule has 0 aliphatic rings. The number of nitrogens with zero attached hydrogens (tertiary/aromatic N) is 4. The third kappa shape index (κ3) is 4.11. The predicted octanol–water partition coefficient (Wildman–Crippen LogP) is 6.23. The molecule has 0 aliphatic carbocycles. The highest BCUT2D eigenvalue weighted by atomic mass is 32.1. The zero-order valence-electron chi connectivity index (χ0n) is 19.1. The van der Waals surface area contributed by atoms with Crippen molar-refractivity contribution in [3.8, 4) is 38.7 Å². The molecule has 0 amide bonds. The van der Waals surface area contributed by atoms with Gasteiger partial charge in [0.2, 0.25) is 4.96 Å². The Kier molecular flexibility index (Phi) is 5.39. The minimum atomic E-state index is 0.328. The first-order valence-corrected chi connectivity index (χ1v) is 12.5. The summed E-state index contributed by atoms with van der Waals surface area (Å²) >= 11 is 2.97. The second-order valence-electron chi connectivity index (χ2n) is 7.88. The number of hydrogen-bond donors (Lipinski definition) is 0. The lowest BCUT2D eigenvalue weighted by atomic mass is 10.1. The summed E-state index contributed by atoms with van der Waals surface area (Å²) in [6.07, 6.45) is 1.81. The van der Waals surface area contributed by atoms with Crippen LogP contribution in [0.3, 0.4) is 0 Å². The molecular weight excluding hydrogens is 484 g/mol. The fourth-order valence-electron chi connectivity index (χ4n) is 3.76. The van der Waals surface area contributed by atoms with Gasteiger partial charge in [-0.1, -0.05) is 23.8 Å². The van der Waals surface area contributed by atoms with Gasteiger partial charge in [-0.2, -0.15) is 0 Å². The average molecular weight is 505 g/mol. The number of thiazole rings is 1. The van der Waals surface area contributed by atoms with E-state index < -0.39 is 0 Å². The van der Waals surface area contributed by atoms with Crippen LogP contribution < -0.4 is 14.2 Å². The van der Waals surface area contributed by atoms with Gasteiger partial charge in [-0.05, 0) is 30.4 Å². The Morgan fingerprint density at radius 3 is 2.77 bits per heavy atom. The molecule has 0 fully saturated rings. The van der Waals surface area contributed by atoms with E-state index in [9.17, 15) is 0 Å². The van der Waals surface area contributed by atoms with E-state index in [1.807, 2.05) is 35.8 Å². The molecule has 0 spiro atoms. The molecule has 0 radical (unpaired) electrons. The molecule has 6 rings (SSSR count). The second kappa shape index (κ2) is 8.71. The van der Waals surface area contributed by atoms with Crippen molar-refractivity contribution in [2.75, 3.05) is 14.2 Å². The maximum Gasteiger partial charge on any atom is 0.294 e. The Bertz CT molecular complexity index is 1630. The van der Waals surface area contributed by atoms with Crippen LogP contribution in [0.2, 0.25) is 0 Å². The van der Waals surface area contributed by atoms with Gasteiger partial charge in [0.05, 0.1) is 31.5 Å².